The molecular weight excluding hydrogens is 408 g/mol. The number of hydrogen-bond donors (Lipinski definition) is 2. The van der Waals surface area contributed by atoms with Gasteiger partial charge in [0.1, 0.15) is 0 Å². The van der Waals surface area contributed by atoms with Gasteiger partial charge in [-0.2, -0.15) is 0 Å². The third-order valence-electron chi connectivity index (χ3n) is 13.6. The van der Waals surface area contributed by atoms with Crippen LogP contribution < -0.4 is 0 Å². The van der Waals surface area contributed by atoms with Gasteiger partial charge < -0.3 is 10.2 Å². The first kappa shape index (κ1) is 24.1. The van der Waals surface area contributed by atoms with Gasteiger partial charge in [-0.05, 0) is 121 Å². The molecule has 5 saturated carbocycles. The van der Waals surface area contributed by atoms with Gasteiger partial charge in [-0.25, -0.2) is 0 Å². The molecule has 33 heavy (non-hydrogen) atoms. The monoisotopic (exact) mass is 458 g/mol. The van der Waals surface area contributed by atoms with Gasteiger partial charge in [0.05, 0.1) is 11.5 Å². The van der Waals surface area contributed by atoms with Crippen LogP contribution in [0.1, 0.15) is 119 Å². The van der Waals surface area contributed by atoms with E-state index in [4.69, 9.17) is 0 Å². The van der Waals surface area contributed by atoms with Crippen LogP contribution in [-0.4, -0.2) is 22.3 Å². The first-order valence-electron chi connectivity index (χ1n) is 14.1. The summed E-state index contributed by atoms with van der Waals surface area (Å²) in [5.74, 6) is 1.62. The van der Waals surface area contributed by atoms with Crippen molar-refractivity contribution in [2.75, 3.05) is 0 Å². The van der Waals surface area contributed by atoms with Crippen LogP contribution in [0.4, 0.5) is 0 Å². The third kappa shape index (κ3) is 2.93. The van der Waals surface area contributed by atoms with Crippen LogP contribution >= 0.6 is 0 Å². The highest BCUT2D eigenvalue weighted by Crippen LogP contribution is 2.77. The summed E-state index contributed by atoms with van der Waals surface area (Å²) in [5.41, 5.74) is 0.544. The molecule has 0 bridgehead atoms. The van der Waals surface area contributed by atoms with E-state index in [9.17, 15) is 15.0 Å². The molecule has 5 aliphatic rings. The standard InChI is InChI=1S/C30H50O3/c1-25(2)14-16-30(24(32)33)17-15-28(6)19(20(30)18-25)8-9-22-27(5)12-11-23(31)26(3,4)21(27)10-13-29(22,28)7/h19-23,31H,8-18H2,1-7H3,(H,32,33)/t19-,20+,21?,22?,23+,27+,28-,29-,30+/m1/s1. The Morgan fingerprint density at radius 2 is 1.36 bits per heavy atom. The van der Waals surface area contributed by atoms with Gasteiger partial charge in [0.25, 0.3) is 0 Å². The lowest BCUT2D eigenvalue weighted by Gasteiger charge is -2.73. The van der Waals surface area contributed by atoms with Gasteiger partial charge in [-0.3, -0.25) is 4.79 Å². The lowest BCUT2D eigenvalue weighted by Crippen LogP contribution is -2.67. The zero-order valence-corrected chi connectivity index (χ0v) is 22.5. The zero-order chi connectivity index (χ0) is 24.2. The van der Waals surface area contributed by atoms with Gasteiger partial charge in [0.15, 0.2) is 0 Å². The van der Waals surface area contributed by atoms with Crippen molar-refractivity contribution in [1.82, 2.24) is 0 Å². The van der Waals surface area contributed by atoms with Crippen LogP contribution in [0, 0.1) is 56.2 Å². The Morgan fingerprint density at radius 1 is 0.697 bits per heavy atom. The largest absolute Gasteiger partial charge is 0.481 e. The predicted octanol–water partition coefficient (Wildman–Crippen LogP) is 7.31. The maximum atomic E-state index is 12.8. The van der Waals surface area contributed by atoms with Crippen molar-refractivity contribution in [1.29, 1.82) is 0 Å². The summed E-state index contributed by atoms with van der Waals surface area (Å²) in [7, 11) is 0. The number of aliphatic carboxylic acids is 1. The minimum absolute atomic E-state index is 0.00942. The zero-order valence-electron chi connectivity index (χ0n) is 22.5. The highest BCUT2D eigenvalue weighted by molar-refractivity contribution is 5.75. The fraction of sp³-hybridized carbons (Fsp3) is 0.967. The van der Waals surface area contributed by atoms with E-state index in [1.54, 1.807) is 0 Å². The summed E-state index contributed by atoms with van der Waals surface area (Å²) < 4.78 is 0. The number of fused-ring (bicyclic) bond motifs is 7. The van der Waals surface area contributed by atoms with E-state index >= 15 is 0 Å². The topological polar surface area (TPSA) is 57.5 Å². The van der Waals surface area contributed by atoms with E-state index < -0.39 is 11.4 Å². The van der Waals surface area contributed by atoms with Gasteiger partial charge in [-0.1, -0.05) is 48.5 Å². The van der Waals surface area contributed by atoms with E-state index in [0.29, 0.717) is 23.7 Å². The number of carboxylic acids is 1. The quantitative estimate of drug-likeness (QED) is 0.433. The van der Waals surface area contributed by atoms with Crippen LogP contribution in [-0.2, 0) is 4.79 Å². The van der Waals surface area contributed by atoms with Crippen LogP contribution in [0.15, 0.2) is 0 Å². The molecule has 0 aliphatic heterocycles. The third-order valence-corrected chi connectivity index (χ3v) is 13.6. The molecule has 0 saturated heterocycles. The molecule has 0 aromatic heterocycles. The summed E-state index contributed by atoms with van der Waals surface area (Å²) in [5, 5.41) is 21.4. The van der Waals surface area contributed by atoms with E-state index in [2.05, 4.69) is 48.5 Å². The molecule has 2 N–H and O–H groups in total. The van der Waals surface area contributed by atoms with Crippen molar-refractivity contribution in [3.05, 3.63) is 0 Å². The highest BCUT2D eigenvalue weighted by Gasteiger charge is 2.71. The summed E-state index contributed by atoms with van der Waals surface area (Å²) in [6.07, 6.45) is 11.8. The maximum absolute atomic E-state index is 12.8. The van der Waals surface area contributed by atoms with E-state index in [1.165, 1.54) is 25.7 Å². The molecule has 5 rings (SSSR count). The molecule has 3 heteroatoms. The van der Waals surface area contributed by atoms with Crippen LogP contribution in [0.2, 0.25) is 0 Å². The normalized spacial score (nSPS) is 54.8. The van der Waals surface area contributed by atoms with Crippen LogP contribution in [0.25, 0.3) is 0 Å². The van der Waals surface area contributed by atoms with Crippen molar-refractivity contribution in [3.63, 3.8) is 0 Å². The lowest BCUT2D eigenvalue weighted by atomic mass is 9.31. The molecule has 188 valence electrons. The second-order valence-electron chi connectivity index (χ2n) is 15.5. The van der Waals surface area contributed by atoms with Gasteiger partial charge in [-0.15, -0.1) is 0 Å². The Labute approximate surface area is 202 Å². The number of hydrogen-bond acceptors (Lipinski definition) is 2. The first-order valence-corrected chi connectivity index (χ1v) is 14.1. The van der Waals surface area contributed by atoms with Crippen molar-refractivity contribution >= 4 is 5.97 Å². The second-order valence-corrected chi connectivity index (χ2v) is 15.5. The molecule has 5 aliphatic carbocycles. The molecule has 0 heterocycles. The molecule has 9 atom stereocenters. The van der Waals surface area contributed by atoms with Crippen LogP contribution in [0.3, 0.4) is 0 Å². The molecule has 2 unspecified atom stereocenters. The summed E-state index contributed by atoms with van der Waals surface area (Å²) in [6.45, 7) is 17.2. The number of aliphatic hydroxyl groups is 1. The molecule has 0 aromatic rings. The van der Waals surface area contributed by atoms with E-state index in [0.717, 1.165) is 44.9 Å². The number of carboxylic acid groups (broad SMARTS) is 1. The van der Waals surface area contributed by atoms with Gasteiger partial charge in [0, 0.05) is 0 Å². The minimum Gasteiger partial charge on any atom is -0.481 e. The molecule has 0 aromatic carbocycles. The van der Waals surface area contributed by atoms with Crippen molar-refractivity contribution in [2.24, 2.45) is 56.2 Å². The smallest absolute Gasteiger partial charge is 0.309 e. The molecule has 5 fully saturated rings. The number of aliphatic hydroxyl groups excluding tert-OH is 1. The lowest BCUT2D eigenvalue weighted by molar-refractivity contribution is -0.255. The van der Waals surface area contributed by atoms with E-state index in [-0.39, 0.29) is 33.2 Å². The SMILES string of the molecule is CC1(C)CC[C@]2(C(=O)O)CC[C@]3(C)[C@H](CCC4[C@@]5(C)CC[C@H](O)C(C)(C)C5CC[C@]43C)[C@@H]2C1. The van der Waals surface area contributed by atoms with Crippen molar-refractivity contribution < 1.29 is 15.0 Å². The maximum Gasteiger partial charge on any atom is 0.309 e. The summed E-state index contributed by atoms with van der Waals surface area (Å²) in [4.78, 5) is 12.8. The minimum atomic E-state index is -0.504. The predicted molar refractivity (Wildman–Crippen MR) is 133 cm³/mol. The summed E-state index contributed by atoms with van der Waals surface area (Å²) >= 11 is 0. The Morgan fingerprint density at radius 3 is 2.03 bits per heavy atom. The summed E-state index contributed by atoms with van der Waals surface area (Å²) in [6, 6.07) is 0. The molecule has 0 spiro atoms. The molecular formula is C30H50O3. The first-order chi connectivity index (χ1) is 15.1. The van der Waals surface area contributed by atoms with Gasteiger partial charge >= 0.3 is 5.97 Å². The second kappa shape index (κ2) is 7.01. The Hall–Kier alpha value is -0.570. The molecule has 0 amide bonds. The van der Waals surface area contributed by atoms with Crippen molar-refractivity contribution in [2.45, 2.75) is 125 Å². The van der Waals surface area contributed by atoms with Crippen molar-refractivity contribution in [3.8, 4) is 0 Å². The average molecular weight is 459 g/mol. The Bertz CT molecular complexity index is 830. The van der Waals surface area contributed by atoms with Gasteiger partial charge in [0.2, 0.25) is 0 Å². The Kier molecular flexibility index (Phi) is 5.13. The molecule has 3 nitrogen and oxygen atoms in total. The molecule has 0 radical (unpaired) electrons. The highest BCUT2D eigenvalue weighted by atomic mass is 16.4. The fourth-order valence-electron chi connectivity index (χ4n) is 11.4. The number of carbonyl (C=O) groups is 1. The number of rotatable bonds is 1. The van der Waals surface area contributed by atoms with Crippen LogP contribution in [0.5, 0.6) is 0 Å². The average Bonchev–Trinajstić information content (AvgIpc) is 2.71. The Balaban J connectivity index is 1.54. The fourth-order valence-corrected chi connectivity index (χ4v) is 11.4. The van der Waals surface area contributed by atoms with E-state index in [1.807, 2.05) is 0 Å².